The average Bonchev–Trinajstić information content (AvgIpc) is 3.36. The molecule has 0 fully saturated rings. The normalized spacial score (nSPS) is 11.1. The molecule has 0 saturated heterocycles. The molecular formula is C56H44N4O4. The second-order valence-electron chi connectivity index (χ2n) is 14.9. The van der Waals surface area contributed by atoms with Crippen LogP contribution in [0.4, 0.5) is 34.1 Å². The van der Waals surface area contributed by atoms with Crippen LogP contribution < -0.4 is 19.3 Å². The molecule has 0 saturated carbocycles. The number of rotatable bonds is 14. The summed E-state index contributed by atoms with van der Waals surface area (Å²) in [5.74, 6) is 1.55. The Morgan fingerprint density at radius 1 is 0.406 bits per heavy atom. The number of benzene rings is 8. The lowest BCUT2D eigenvalue weighted by Gasteiger charge is -2.26. The van der Waals surface area contributed by atoms with Crippen molar-refractivity contribution in [3.63, 3.8) is 0 Å². The van der Waals surface area contributed by atoms with Crippen LogP contribution >= 0.6 is 0 Å². The molecule has 0 amide bonds. The molecule has 8 heteroatoms. The SMILES string of the molecule is COc1ccc(N(c2ccc(/C=C\c3ccc4c(C#N)c(/C=C\c5ccc(N(c6ccc(CO)cc6)c6ccc(CO)cc6)cc5)ccc4c3C#N)cc2)c2ccc(OC)cc2)cc1. The largest absolute Gasteiger partial charge is 0.497 e. The van der Waals surface area contributed by atoms with E-state index in [9.17, 15) is 20.7 Å². The van der Waals surface area contributed by atoms with Gasteiger partial charge in [-0.15, -0.1) is 0 Å². The summed E-state index contributed by atoms with van der Waals surface area (Å²) in [5.41, 5.74) is 11.8. The number of anilines is 6. The van der Waals surface area contributed by atoms with Crippen molar-refractivity contribution in [2.24, 2.45) is 0 Å². The molecule has 0 bridgehead atoms. The third-order valence-corrected chi connectivity index (χ3v) is 11.1. The van der Waals surface area contributed by atoms with Crippen molar-refractivity contribution in [3.05, 3.63) is 214 Å². The Hall–Kier alpha value is -8.40. The minimum absolute atomic E-state index is 0.0358. The molecule has 8 nitrogen and oxygen atoms in total. The summed E-state index contributed by atoms with van der Waals surface area (Å²) < 4.78 is 10.8. The molecule has 2 N–H and O–H groups in total. The predicted octanol–water partition coefficient (Wildman–Crippen LogP) is 12.9. The van der Waals surface area contributed by atoms with Gasteiger partial charge in [0, 0.05) is 44.9 Å². The summed E-state index contributed by atoms with van der Waals surface area (Å²) in [5, 5.41) is 41.4. The Morgan fingerprint density at radius 3 is 0.984 bits per heavy atom. The quantitative estimate of drug-likeness (QED) is 0.104. The van der Waals surface area contributed by atoms with Crippen LogP contribution in [0, 0.1) is 22.7 Å². The summed E-state index contributed by atoms with van der Waals surface area (Å²) in [6, 6.07) is 60.1. The molecule has 8 aromatic rings. The lowest BCUT2D eigenvalue weighted by Crippen LogP contribution is -2.10. The predicted molar refractivity (Wildman–Crippen MR) is 258 cm³/mol. The maximum atomic E-state index is 10.4. The van der Waals surface area contributed by atoms with Crippen molar-refractivity contribution in [2.75, 3.05) is 24.0 Å². The van der Waals surface area contributed by atoms with Crippen molar-refractivity contribution in [1.29, 1.82) is 10.5 Å². The zero-order valence-electron chi connectivity index (χ0n) is 35.4. The molecule has 0 aliphatic heterocycles. The topological polar surface area (TPSA) is 113 Å². The van der Waals surface area contributed by atoms with E-state index in [1.54, 1.807) is 14.2 Å². The van der Waals surface area contributed by atoms with E-state index < -0.39 is 0 Å². The highest BCUT2D eigenvalue weighted by Crippen LogP contribution is 2.38. The fourth-order valence-electron chi connectivity index (χ4n) is 7.67. The molecule has 0 spiro atoms. The van der Waals surface area contributed by atoms with Gasteiger partial charge in [0.25, 0.3) is 0 Å². The Bertz CT molecular complexity index is 2720. The minimum Gasteiger partial charge on any atom is -0.497 e. The minimum atomic E-state index is -0.0358. The molecule has 0 aromatic heterocycles. The number of ether oxygens (including phenoxy) is 2. The number of aliphatic hydroxyl groups excluding tert-OH is 2. The van der Waals surface area contributed by atoms with Gasteiger partial charge in [-0.05, 0) is 130 Å². The number of methoxy groups -OCH3 is 2. The first-order valence-electron chi connectivity index (χ1n) is 20.7. The monoisotopic (exact) mass is 836 g/mol. The Kier molecular flexibility index (Phi) is 12.9. The zero-order chi connectivity index (χ0) is 44.4. The van der Waals surface area contributed by atoms with E-state index >= 15 is 0 Å². The average molecular weight is 837 g/mol. The standard InChI is InChI=1S/C56H44N4O4/c1-63-51-29-25-49(26-30-51)60(50-27-31-52(64-2)32-28-50)46-19-7-40(8-20-46)4-14-44-16-34-53-54(56(44)36-58)33-15-43(55(53)35-57)13-3-39-5-17-45(18-6-39)59(47-21-9-41(37-61)10-22-47)48-23-11-42(38-62)12-24-48/h3-34,61-62H,37-38H2,1-2H3/b13-3-,14-4-. The van der Waals surface area contributed by atoms with E-state index in [0.717, 1.165) is 79.0 Å². The van der Waals surface area contributed by atoms with Gasteiger partial charge < -0.3 is 29.5 Å². The lowest BCUT2D eigenvalue weighted by molar-refractivity contribution is 0.281. The van der Waals surface area contributed by atoms with Gasteiger partial charge in [-0.25, -0.2) is 0 Å². The van der Waals surface area contributed by atoms with Crippen LogP contribution in [0.3, 0.4) is 0 Å². The van der Waals surface area contributed by atoms with Crippen LogP contribution in [0.1, 0.15) is 44.5 Å². The van der Waals surface area contributed by atoms with Crippen LogP contribution in [0.5, 0.6) is 11.5 Å². The van der Waals surface area contributed by atoms with Crippen molar-refractivity contribution in [2.45, 2.75) is 13.2 Å². The number of nitrogens with zero attached hydrogens (tertiary/aromatic N) is 4. The summed E-state index contributed by atoms with van der Waals surface area (Å²) in [6.45, 7) is -0.0717. The van der Waals surface area contributed by atoms with Crippen LogP contribution in [-0.2, 0) is 13.2 Å². The fourth-order valence-corrected chi connectivity index (χ4v) is 7.67. The summed E-state index contributed by atoms with van der Waals surface area (Å²) in [7, 11) is 3.31. The van der Waals surface area contributed by atoms with Crippen LogP contribution in [-0.4, -0.2) is 24.4 Å². The molecular weight excluding hydrogens is 793 g/mol. The van der Waals surface area contributed by atoms with E-state index in [0.29, 0.717) is 21.9 Å². The Balaban J connectivity index is 1.03. The molecule has 0 atom stereocenters. The summed E-state index contributed by atoms with van der Waals surface area (Å²) >= 11 is 0. The number of hydrogen-bond donors (Lipinski definition) is 2. The molecule has 0 aliphatic rings. The summed E-state index contributed by atoms with van der Waals surface area (Å²) in [4.78, 5) is 4.27. The van der Waals surface area contributed by atoms with E-state index in [2.05, 4.69) is 34.1 Å². The first-order chi connectivity index (χ1) is 31.4. The molecule has 0 unspecified atom stereocenters. The Labute approximate surface area is 373 Å². The van der Waals surface area contributed by atoms with Gasteiger partial charge in [-0.1, -0.05) is 97.1 Å². The number of hydrogen-bond acceptors (Lipinski definition) is 8. The van der Waals surface area contributed by atoms with Gasteiger partial charge in [-0.2, -0.15) is 10.5 Å². The van der Waals surface area contributed by atoms with E-state index in [4.69, 9.17) is 9.47 Å². The van der Waals surface area contributed by atoms with E-state index in [-0.39, 0.29) is 13.2 Å². The zero-order valence-corrected chi connectivity index (χ0v) is 35.4. The smallest absolute Gasteiger partial charge is 0.119 e. The number of fused-ring (bicyclic) bond motifs is 1. The first-order valence-corrected chi connectivity index (χ1v) is 20.7. The van der Waals surface area contributed by atoms with Gasteiger partial charge in [0.05, 0.1) is 38.6 Å². The van der Waals surface area contributed by atoms with Gasteiger partial charge in [0.1, 0.15) is 23.6 Å². The second kappa shape index (κ2) is 19.5. The summed E-state index contributed by atoms with van der Waals surface area (Å²) in [6.07, 6.45) is 7.84. The highest BCUT2D eigenvalue weighted by atomic mass is 16.5. The van der Waals surface area contributed by atoms with Gasteiger partial charge >= 0.3 is 0 Å². The van der Waals surface area contributed by atoms with Gasteiger partial charge in [0.15, 0.2) is 0 Å². The molecule has 0 aliphatic carbocycles. The van der Waals surface area contributed by atoms with Crippen LogP contribution in [0.25, 0.3) is 35.1 Å². The highest BCUT2D eigenvalue weighted by Gasteiger charge is 2.16. The fraction of sp³-hybridized carbons (Fsp3) is 0.0714. The molecule has 0 radical (unpaired) electrons. The van der Waals surface area contributed by atoms with E-state index in [1.807, 2.05) is 182 Å². The Morgan fingerprint density at radius 2 is 0.703 bits per heavy atom. The molecule has 8 aromatic carbocycles. The number of aliphatic hydroxyl groups is 2. The molecule has 312 valence electrons. The molecule has 8 rings (SSSR count). The van der Waals surface area contributed by atoms with Crippen molar-refractivity contribution in [1.82, 2.24) is 0 Å². The maximum absolute atomic E-state index is 10.4. The van der Waals surface area contributed by atoms with Crippen molar-refractivity contribution < 1.29 is 19.7 Å². The maximum Gasteiger partial charge on any atom is 0.119 e. The second-order valence-corrected chi connectivity index (χ2v) is 14.9. The van der Waals surface area contributed by atoms with Crippen molar-refractivity contribution >= 4 is 69.2 Å². The highest BCUT2D eigenvalue weighted by molar-refractivity contribution is 5.98. The van der Waals surface area contributed by atoms with Crippen LogP contribution in [0.15, 0.2) is 170 Å². The van der Waals surface area contributed by atoms with Gasteiger partial charge in [-0.3, -0.25) is 0 Å². The first kappa shape index (κ1) is 42.3. The third-order valence-electron chi connectivity index (χ3n) is 11.1. The molecule has 64 heavy (non-hydrogen) atoms. The van der Waals surface area contributed by atoms with Gasteiger partial charge in [0.2, 0.25) is 0 Å². The van der Waals surface area contributed by atoms with E-state index in [1.165, 1.54) is 0 Å². The third kappa shape index (κ3) is 9.11. The van der Waals surface area contributed by atoms with Crippen LogP contribution in [0.2, 0.25) is 0 Å². The molecule has 0 heterocycles. The number of nitriles is 2. The van der Waals surface area contributed by atoms with Crippen molar-refractivity contribution in [3.8, 4) is 23.6 Å². The lowest BCUT2D eigenvalue weighted by atomic mass is 9.93.